The SMILES string of the molecule is Brc1cccc2c1N(CN1CCCC1)CC=C2. The maximum atomic E-state index is 3.68. The second-order valence-electron chi connectivity index (χ2n) is 4.77. The van der Waals surface area contributed by atoms with Gasteiger partial charge in [-0.2, -0.15) is 0 Å². The molecule has 0 atom stereocenters. The summed E-state index contributed by atoms with van der Waals surface area (Å²) in [6.45, 7) is 4.58. The number of anilines is 1. The van der Waals surface area contributed by atoms with Crippen LogP contribution in [0.15, 0.2) is 28.7 Å². The first-order valence-corrected chi connectivity index (χ1v) is 7.06. The number of halogens is 1. The highest BCUT2D eigenvalue weighted by atomic mass is 79.9. The average molecular weight is 293 g/mol. The summed E-state index contributed by atoms with van der Waals surface area (Å²) >= 11 is 3.68. The molecular weight excluding hydrogens is 276 g/mol. The monoisotopic (exact) mass is 292 g/mol. The van der Waals surface area contributed by atoms with Crippen molar-refractivity contribution in [1.29, 1.82) is 0 Å². The van der Waals surface area contributed by atoms with Gasteiger partial charge in [0.1, 0.15) is 0 Å². The molecule has 17 heavy (non-hydrogen) atoms. The molecule has 2 heterocycles. The molecule has 0 saturated carbocycles. The van der Waals surface area contributed by atoms with Crippen LogP contribution in [0.1, 0.15) is 18.4 Å². The topological polar surface area (TPSA) is 6.48 Å². The van der Waals surface area contributed by atoms with Crippen LogP contribution in [0.3, 0.4) is 0 Å². The summed E-state index contributed by atoms with van der Waals surface area (Å²) in [5.41, 5.74) is 2.67. The third-order valence-corrected chi connectivity index (χ3v) is 4.17. The van der Waals surface area contributed by atoms with Gasteiger partial charge >= 0.3 is 0 Å². The van der Waals surface area contributed by atoms with Gasteiger partial charge < -0.3 is 4.90 Å². The highest BCUT2D eigenvalue weighted by Gasteiger charge is 2.20. The van der Waals surface area contributed by atoms with Gasteiger partial charge in [-0.05, 0) is 53.5 Å². The van der Waals surface area contributed by atoms with Crippen LogP contribution >= 0.6 is 15.9 Å². The van der Waals surface area contributed by atoms with Crippen molar-refractivity contribution in [1.82, 2.24) is 4.90 Å². The van der Waals surface area contributed by atoms with E-state index < -0.39 is 0 Å². The Hall–Kier alpha value is -0.800. The van der Waals surface area contributed by atoms with Crippen molar-refractivity contribution in [3.63, 3.8) is 0 Å². The van der Waals surface area contributed by atoms with Gasteiger partial charge in [0.2, 0.25) is 0 Å². The molecule has 0 N–H and O–H groups in total. The second-order valence-corrected chi connectivity index (χ2v) is 5.62. The fourth-order valence-corrected chi connectivity index (χ4v) is 3.32. The van der Waals surface area contributed by atoms with Gasteiger partial charge in [0, 0.05) is 11.0 Å². The normalized spacial score (nSPS) is 19.7. The van der Waals surface area contributed by atoms with Crippen molar-refractivity contribution in [2.24, 2.45) is 0 Å². The fraction of sp³-hybridized carbons (Fsp3) is 0.429. The minimum atomic E-state index is 1.02. The van der Waals surface area contributed by atoms with E-state index in [4.69, 9.17) is 0 Å². The van der Waals surface area contributed by atoms with Crippen LogP contribution in [0.5, 0.6) is 0 Å². The molecule has 1 aromatic rings. The van der Waals surface area contributed by atoms with E-state index in [1.54, 1.807) is 0 Å². The van der Waals surface area contributed by atoms with Crippen molar-refractivity contribution in [2.45, 2.75) is 12.8 Å². The van der Waals surface area contributed by atoms with E-state index in [-0.39, 0.29) is 0 Å². The Morgan fingerprint density at radius 3 is 2.82 bits per heavy atom. The van der Waals surface area contributed by atoms with Gasteiger partial charge in [-0.1, -0.05) is 24.3 Å². The number of likely N-dealkylation sites (tertiary alicyclic amines) is 1. The van der Waals surface area contributed by atoms with E-state index in [2.05, 4.69) is 56.1 Å². The van der Waals surface area contributed by atoms with Gasteiger partial charge in [0.25, 0.3) is 0 Å². The highest BCUT2D eigenvalue weighted by molar-refractivity contribution is 9.10. The number of hydrogen-bond donors (Lipinski definition) is 0. The molecule has 3 rings (SSSR count). The molecule has 0 aliphatic carbocycles. The van der Waals surface area contributed by atoms with Crippen LogP contribution in [0.25, 0.3) is 6.08 Å². The molecule has 0 radical (unpaired) electrons. The molecule has 3 heteroatoms. The molecule has 2 aliphatic rings. The highest BCUT2D eigenvalue weighted by Crippen LogP contribution is 2.33. The number of fused-ring (bicyclic) bond motifs is 1. The number of para-hydroxylation sites is 1. The molecule has 1 aromatic carbocycles. The van der Waals surface area contributed by atoms with Gasteiger partial charge in [-0.15, -0.1) is 0 Å². The molecule has 2 nitrogen and oxygen atoms in total. The zero-order chi connectivity index (χ0) is 11.7. The third kappa shape index (κ3) is 2.26. The summed E-state index contributed by atoms with van der Waals surface area (Å²) in [5.74, 6) is 0. The zero-order valence-electron chi connectivity index (χ0n) is 9.90. The standard InChI is InChI=1S/C14H17BrN2/c15-13-7-3-5-12-6-4-10-17(14(12)13)11-16-8-1-2-9-16/h3-7H,1-2,8-11H2. The molecule has 0 amide bonds. The maximum Gasteiger partial charge on any atom is 0.0711 e. The van der Waals surface area contributed by atoms with Crippen molar-refractivity contribution >= 4 is 27.7 Å². The van der Waals surface area contributed by atoms with Crippen molar-refractivity contribution in [3.05, 3.63) is 34.3 Å². The van der Waals surface area contributed by atoms with E-state index >= 15 is 0 Å². The molecule has 2 aliphatic heterocycles. The van der Waals surface area contributed by atoms with Gasteiger partial charge in [-0.25, -0.2) is 0 Å². The lowest BCUT2D eigenvalue weighted by atomic mass is 10.1. The molecule has 90 valence electrons. The third-order valence-electron chi connectivity index (χ3n) is 3.53. The Bertz CT molecular complexity index is 436. The summed E-state index contributed by atoms with van der Waals surface area (Å²) in [7, 11) is 0. The Balaban J connectivity index is 1.85. The van der Waals surface area contributed by atoms with Crippen LogP contribution in [-0.4, -0.2) is 31.2 Å². The van der Waals surface area contributed by atoms with E-state index in [9.17, 15) is 0 Å². The van der Waals surface area contributed by atoms with E-state index in [1.165, 1.54) is 41.7 Å². The van der Waals surface area contributed by atoms with E-state index in [0.29, 0.717) is 0 Å². The van der Waals surface area contributed by atoms with E-state index in [1.807, 2.05) is 0 Å². The predicted octanol–water partition coefficient (Wildman–Crippen LogP) is 3.34. The lowest BCUT2D eigenvalue weighted by Gasteiger charge is -2.32. The number of hydrogen-bond acceptors (Lipinski definition) is 2. The predicted molar refractivity (Wildman–Crippen MR) is 76.2 cm³/mol. The maximum absolute atomic E-state index is 3.68. The van der Waals surface area contributed by atoms with Gasteiger partial charge in [0.15, 0.2) is 0 Å². The lowest BCUT2D eigenvalue weighted by molar-refractivity contribution is 0.339. The van der Waals surface area contributed by atoms with E-state index in [0.717, 1.165) is 13.2 Å². The molecular formula is C14H17BrN2. The summed E-state index contributed by atoms with van der Waals surface area (Å²) < 4.78 is 1.21. The molecule has 0 unspecified atom stereocenters. The molecule has 1 saturated heterocycles. The Morgan fingerprint density at radius 1 is 1.18 bits per heavy atom. The summed E-state index contributed by atoms with van der Waals surface area (Å²) in [6.07, 6.45) is 7.18. The fourth-order valence-electron chi connectivity index (χ4n) is 2.69. The first-order chi connectivity index (χ1) is 8.34. The van der Waals surface area contributed by atoms with Crippen molar-refractivity contribution in [3.8, 4) is 0 Å². The number of benzene rings is 1. The number of nitrogens with zero attached hydrogens (tertiary/aromatic N) is 2. The Labute approximate surface area is 111 Å². The minimum Gasteiger partial charge on any atom is -0.353 e. The second kappa shape index (κ2) is 4.83. The van der Waals surface area contributed by atoms with Crippen LogP contribution < -0.4 is 4.90 Å². The van der Waals surface area contributed by atoms with Crippen LogP contribution in [0.2, 0.25) is 0 Å². The zero-order valence-corrected chi connectivity index (χ0v) is 11.5. The first kappa shape index (κ1) is 11.3. The smallest absolute Gasteiger partial charge is 0.0711 e. The first-order valence-electron chi connectivity index (χ1n) is 6.27. The number of rotatable bonds is 2. The molecule has 0 bridgehead atoms. The van der Waals surface area contributed by atoms with Crippen LogP contribution in [0, 0.1) is 0 Å². The largest absolute Gasteiger partial charge is 0.353 e. The Kier molecular flexibility index (Phi) is 3.21. The minimum absolute atomic E-state index is 1.02. The van der Waals surface area contributed by atoms with Gasteiger partial charge in [0.05, 0.1) is 12.4 Å². The quantitative estimate of drug-likeness (QED) is 0.825. The van der Waals surface area contributed by atoms with Crippen molar-refractivity contribution < 1.29 is 0 Å². The molecule has 0 spiro atoms. The molecule has 0 aromatic heterocycles. The van der Waals surface area contributed by atoms with Crippen LogP contribution in [0.4, 0.5) is 5.69 Å². The van der Waals surface area contributed by atoms with Crippen LogP contribution in [-0.2, 0) is 0 Å². The summed E-state index contributed by atoms with van der Waals surface area (Å²) in [6, 6.07) is 6.42. The average Bonchev–Trinajstić information content (AvgIpc) is 2.82. The summed E-state index contributed by atoms with van der Waals surface area (Å²) in [4.78, 5) is 5.01. The molecule has 1 fully saturated rings. The lowest BCUT2D eigenvalue weighted by Crippen LogP contribution is -2.38. The van der Waals surface area contributed by atoms with Crippen molar-refractivity contribution in [2.75, 3.05) is 31.2 Å². The summed E-state index contributed by atoms with van der Waals surface area (Å²) in [5, 5.41) is 0. The van der Waals surface area contributed by atoms with Gasteiger partial charge in [-0.3, -0.25) is 4.90 Å². The Morgan fingerprint density at radius 2 is 2.00 bits per heavy atom.